The van der Waals surface area contributed by atoms with Gasteiger partial charge in [0, 0.05) is 64.9 Å². The molecule has 7 nitrogen and oxygen atoms in total. The lowest BCUT2D eigenvalue weighted by Crippen LogP contribution is -2.18. The van der Waals surface area contributed by atoms with Crippen molar-refractivity contribution >= 4 is 50.9 Å². The third kappa shape index (κ3) is 4.35. The van der Waals surface area contributed by atoms with Crippen LogP contribution in [0.2, 0.25) is 0 Å². The molecule has 0 bridgehead atoms. The molecule has 0 atom stereocenters. The Hall–Kier alpha value is -3.11. The van der Waals surface area contributed by atoms with Crippen molar-refractivity contribution in [1.82, 2.24) is 18.1 Å². The summed E-state index contributed by atoms with van der Waals surface area (Å²) in [5, 5.41) is 4.82. The zero-order valence-corrected chi connectivity index (χ0v) is 18.6. The predicted molar refractivity (Wildman–Crippen MR) is 128 cm³/mol. The summed E-state index contributed by atoms with van der Waals surface area (Å²) < 4.78 is 7.60. The molecule has 1 aliphatic rings. The van der Waals surface area contributed by atoms with Gasteiger partial charge < -0.3 is 9.73 Å². The van der Waals surface area contributed by atoms with Crippen molar-refractivity contribution in [1.29, 1.82) is 0 Å². The largest absolute Gasteiger partial charge is 0.444 e. The van der Waals surface area contributed by atoms with Crippen molar-refractivity contribution in [3.63, 3.8) is 0 Å². The molecule has 0 fully saturated rings. The fourth-order valence-corrected chi connectivity index (χ4v) is 3.97. The average molecular weight is 523 g/mol. The first-order valence-electron chi connectivity index (χ1n) is 9.82. The van der Waals surface area contributed by atoms with Crippen LogP contribution < -0.4 is 5.32 Å². The minimum Gasteiger partial charge on any atom is -0.444 e. The van der Waals surface area contributed by atoms with Crippen LogP contribution in [0.5, 0.6) is 0 Å². The van der Waals surface area contributed by atoms with Gasteiger partial charge in [0.2, 0.25) is 0 Å². The molecule has 0 saturated carbocycles. The number of oxazole rings is 1. The van der Waals surface area contributed by atoms with E-state index in [4.69, 9.17) is 4.42 Å². The van der Waals surface area contributed by atoms with Crippen LogP contribution in [0.15, 0.2) is 71.9 Å². The van der Waals surface area contributed by atoms with Crippen molar-refractivity contribution in [3.8, 4) is 11.3 Å². The molecule has 8 heteroatoms. The van der Waals surface area contributed by atoms with Gasteiger partial charge in [-0.15, -0.1) is 0 Å². The highest BCUT2D eigenvalue weighted by Crippen LogP contribution is 2.26. The quantitative estimate of drug-likeness (QED) is 0.300. The van der Waals surface area contributed by atoms with Crippen LogP contribution >= 0.6 is 22.9 Å². The summed E-state index contributed by atoms with van der Waals surface area (Å²) in [4.78, 5) is 25.7. The Morgan fingerprint density at radius 3 is 2.84 bits per heavy atom. The second-order valence-electron chi connectivity index (χ2n) is 7.23. The second-order valence-corrected chi connectivity index (χ2v) is 8.59. The molecular formula is C23H18IN5O2. The van der Waals surface area contributed by atoms with Gasteiger partial charge in [0.05, 0.1) is 11.9 Å². The summed E-state index contributed by atoms with van der Waals surface area (Å²) >= 11 is 2.32. The summed E-state index contributed by atoms with van der Waals surface area (Å²) in [5.74, 6) is 0.966. The SMILES string of the molecule is O=C(Nc1cc2cc(-c3cnco3)ccc2cn1)c1ccnc(C2=CCN(I)CC2)c1. The maximum atomic E-state index is 12.9. The number of rotatable bonds is 4. The number of halogens is 1. The van der Waals surface area contributed by atoms with Gasteiger partial charge >= 0.3 is 0 Å². The molecule has 0 radical (unpaired) electrons. The van der Waals surface area contributed by atoms with Gasteiger partial charge in [0.25, 0.3) is 5.91 Å². The lowest BCUT2D eigenvalue weighted by Gasteiger charge is -2.19. The first-order chi connectivity index (χ1) is 15.2. The maximum Gasteiger partial charge on any atom is 0.256 e. The number of amides is 1. The Morgan fingerprint density at radius 2 is 2.03 bits per heavy atom. The zero-order valence-electron chi connectivity index (χ0n) is 16.5. The molecule has 0 unspecified atom stereocenters. The minimum atomic E-state index is -0.214. The van der Waals surface area contributed by atoms with Crippen LogP contribution in [0.3, 0.4) is 0 Å². The van der Waals surface area contributed by atoms with Crippen LogP contribution in [-0.2, 0) is 0 Å². The van der Waals surface area contributed by atoms with E-state index >= 15 is 0 Å². The van der Waals surface area contributed by atoms with Gasteiger partial charge in [-0.3, -0.25) is 9.78 Å². The first-order valence-corrected chi connectivity index (χ1v) is 10.8. The Bertz CT molecular complexity index is 1290. The summed E-state index contributed by atoms with van der Waals surface area (Å²) in [6.07, 6.45) is 9.58. The highest BCUT2D eigenvalue weighted by molar-refractivity contribution is 14.1. The highest BCUT2D eigenvalue weighted by Gasteiger charge is 2.14. The van der Waals surface area contributed by atoms with Crippen molar-refractivity contribution < 1.29 is 9.21 Å². The number of anilines is 1. The first kappa shape index (κ1) is 19.8. The second kappa shape index (κ2) is 8.56. The van der Waals surface area contributed by atoms with Crippen LogP contribution in [0.25, 0.3) is 27.7 Å². The van der Waals surface area contributed by atoms with Crippen LogP contribution in [0, 0.1) is 0 Å². The Labute approximate surface area is 192 Å². The number of carbonyl (C=O) groups excluding carboxylic acids is 1. The number of fused-ring (bicyclic) bond motifs is 1. The van der Waals surface area contributed by atoms with E-state index in [2.05, 4.69) is 52.3 Å². The highest BCUT2D eigenvalue weighted by atomic mass is 127. The molecular weight excluding hydrogens is 505 g/mol. The Morgan fingerprint density at radius 1 is 1.10 bits per heavy atom. The smallest absolute Gasteiger partial charge is 0.256 e. The van der Waals surface area contributed by atoms with E-state index in [-0.39, 0.29) is 5.91 Å². The van der Waals surface area contributed by atoms with E-state index in [1.165, 1.54) is 12.0 Å². The number of hydrogen-bond acceptors (Lipinski definition) is 6. The summed E-state index contributed by atoms with van der Waals surface area (Å²) in [6.45, 7) is 1.85. The van der Waals surface area contributed by atoms with Crippen LogP contribution in [0.4, 0.5) is 5.82 Å². The zero-order chi connectivity index (χ0) is 21.2. The molecule has 0 saturated heterocycles. The number of nitrogens with one attached hydrogen (secondary N) is 1. The van der Waals surface area contributed by atoms with Gasteiger partial charge in [-0.25, -0.2) is 13.1 Å². The third-order valence-electron chi connectivity index (χ3n) is 5.19. The van der Waals surface area contributed by atoms with Gasteiger partial charge in [-0.05, 0) is 41.6 Å². The molecule has 0 aliphatic carbocycles. The molecule has 31 heavy (non-hydrogen) atoms. The van der Waals surface area contributed by atoms with Crippen LogP contribution in [0.1, 0.15) is 22.5 Å². The molecule has 5 rings (SSSR count). The maximum absolute atomic E-state index is 12.9. The van der Waals surface area contributed by atoms with Gasteiger partial charge in [0.15, 0.2) is 12.2 Å². The van der Waals surface area contributed by atoms with E-state index in [1.54, 1.807) is 24.7 Å². The van der Waals surface area contributed by atoms with Gasteiger partial charge in [0.1, 0.15) is 5.82 Å². The van der Waals surface area contributed by atoms with E-state index < -0.39 is 0 Å². The average Bonchev–Trinajstić information content (AvgIpc) is 3.34. The molecule has 1 amide bonds. The van der Waals surface area contributed by atoms with Gasteiger partial charge in [-0.2, -0.15) is 0 Å². The summed E-state index contributed by atoms with van der Waals surface area (Å²) in [7, 11) is 0. The van der Waals surface area contributed by atoms with E-state index in [1.807, 2.05) is 30.3 Å². The van der Waals surface area contributed by atoms with Crippen molar-refractivity contribution in [3.05, 3.63) is 78.7 Å². The number of benzene rings is 1. The lowest BCUT2D eigenvalue weighted by atomic mass is 10.0. The summed E-state index contributed by atoms with van der Waals surface area (Å²) in [6, 6.07) is 11.3. The molecule has 4 aromatic rings. The number of carbonyl (C=O) groups is 1. The third-order valence-corrected chi connectivity index (χ3v) is 6.07. The van der Waals surface area contributed by atoms with Crippen molar-refractivity contribution in [2.45, 2.75) is 6.42 Å². The van der Waals surface area contributed by atoms with E-state index in [9.17, 15) is 4.79 Å². The number of hydrogen-bond donors (Lipinski definition) is 1. The molecule has 154 valence electrons. The summed E-state index contributed by atoms with van der Waals surface area (Å²) in [5.41, 5.74) is 3.49. The standard InChI is InChI=1S/C23H18IN5O2/c24-29-7-4-15(5-8-29)20-10-17(3-6-26-20)23(30)28-22-11-19-9-16(21-13-25-14-31-21)1-2-18(19)12-27-22/h1-4,6,9-14H,5,7-8H2,(H,27,28,30). The minimum absolute atomic E-state index is 0.214. The molecule has 0 spiro atoms. The molecule has 4 heterocycles. The molecule has 1 aliphatic heterocycles. The predicted octanol–water partition coefficient (Wildman–Crippen LogP) is 4.98. The fourth-order valence-electron chi connectivity index (χ4n) is 3.53. The van der Waals surface area contributed by atoms with Crippen molar-refractivity contribution in [2.75, 3.05) is 18.4 Å². The number of pyridine rings is 2. The van der Waals surface area contributed by atoms with E-state index in [0.717, 1.165) is 41.5 Å². The Kier molecular flexibility index (Phi) is 5.47. The van der Waals surface area contributed by atoms with Crippen molar-refractivity contribution in [2.24, 2.45) is 0 Å². The molecule has 3 aromatic heterocycles. The Balaban J connectivity index is 1.38. The monoisotopic (exact) mass is 523 g/mol. The topological polar surface area (TPSA) is 84.2 Å². The van der Waals surface area contributed by atoms with E-state index in [0.29, 0.717) is 17.1 Å². The number of aromatic nitrogens is 3. The molecule has 1 aromatic carbocycles. The lowest BCUT2D eigenvalue weighted by molar-refractivity contribution is 0.102. The van der Waals surface area contributed by atoms with Crippen LogP contribution in [-0.4, -0.2) is 37.1 Å². The van der Waals surface area contributed by atoms with Gasteiger partial charge in [-0.1, -0.05) is 18.2 Å². The molecule has 1 N–H and O–H groups in total. The number of nitrogens with zero attached hydrogens (tertiary/aromatic N) is 4. The normalized spacial score (nSPS) is 14.4. The fraction of sp³-hybridized carbons (Fsp3) is 0.130.